The largest absolute Gasteiger partial charge is 0.497 e. The minimum Gasteiger partial charge on any atom is -0.497 e. The molecule has 0 bridgehead atoms. The van der Waals surface area contributed by atoms with E-state index in [0.717, 1.165) is 40.3 Å². The summed E-state index contributed by atoms with van der Waals surface area (Å²) in [6.07, 6.45) is 7.63. The Labute approximate surface area is 177 Å². The number of nitrogens with one attached hydrogen (secondary N) is 2. The van der Waals surface area contributed by atoms with Gasteiger partial charge in [0.1, 0.15) is 5.75 Å². The molecule has 0 amide bonds. The first-order chi connectivity index (χ1) is 14.2. The van der Waals surface area contributed by atoms with Gasteiger partial charge in [0, 0.05) is 34.4 Å². The number of hydrogen-bond donors (Lipinski definition) is 2. The van der Waals surface area contributed by atoms with E-state index in [9.17, 15) is 0 Å². The lowest BCUT2D eigenvalue weighted by Crippen LogP contribution is -2.37. The molecule has 0 spiro atoms. The molecule has 2 N–H and O–H groups in total. The van der Waals surface area contributed by atoms with Crippen LogP contribution in [0.25, 0.3) is 10.9 Å². The van der Waals surface area contributed by atoms with Gasteiger partial charge in [-0.25, -0.2) is 0 Å². The number of benzene rings is 2. The second kappa shape index (κ2) is 9.47. The van der Waals surface area contributed by atoms with Gasteiger partial charge in [-0.05, 0) is 80.6 Å². The average Bonchev–Trinajstić information content (AvgIpc) is 2.75. The van der Waals surface area contributed by atoms with Crippen molar-refractivity contribution < 1.29 is 4.74 Å². The van der Waals surface area contributed by atoms with Gasteiger partial charge in [0.2, 0.25) is 0 Å². The molecule has 0 saturated heterocycles. The molecule has 1 heterocycles. The topological polar surface area (TPSA) is 46.2 Å². The second-order valence-corrected chi connectivity index (χ2v) is 8.20. The van der Waals surface area contributed by atoms with Crippen LogP contribution in [0.3, 0.4) is 0 Å². The zero-order valence-corrected chi connectivity index (χ0v) is 17.6. The summed E-state index contributed by atoms with van der Waals surface area (Å²) in [6.45, 7) is 1.01. The van der Waals surface area contributed by atoms with Gasteiger partial charge in [0.15, 0.2) is 0 Å². The molecule has 5 heteroatoms. The molecule has 0 aliphatic heterocycles. The van der Waals surface area contributed by atoms with Crippen molar-refractivity contribution in [3.63, 3.8) is 0 Å². The number of pyridine rings is 1. The molecule has 0 radical (unpaired) electrons. The molecule has 1 aromatic heterocycles. The summed E-state index contributed by atoms with van der Waals surface area (Å²) in [5.41, 5.74) is 3.41. The summed E-state index contributed by atoms with van der Waals surface area (Å²) in [6, 6.07) is 17.4. The van der Waals surface area contributed by atoms with E-state index in [1.165, 1.54) is 31.2 Å². The molecule has 1 aliphatic rings. The lowest BCUT2D eigenvalue weighted by atomic mass is 9.90. The van der Waals surface area contributed by atoms with E-state index in [2.05, 4.69) is 45.9 Å². The van der Waals surface area contributed by atoms with Crippen LogP contribution in [0.1, 0.15) is 31.2 Å². The molecule has 0 atom stereocenters. The third-order valence-electron chi connectivity index (χ3n) is 5.77. The number of halogens is 1. The van der Waals surface area contributed by atoms with Crippen molar-refractivity contribution in [1.82, 2.24) is 10.3 Å². The van der Waals surface area contributed by atoms with Crippen molar-refractivity contribution in [3.05, 3.63) is 65.3 Å². The van der Waals surface area contributed by atoms with Crippen molar-refractivity contribution in [2.45, 2.75) is 44.2 Å². The molecule has 1 fully saturated rings. The Morgan fingerprint density at radius 1 is 1.03 bits per heavy atom. The highest BCUT2D eigenvalue weighted by Crippen LogP contribution is 2.28. The lowest BCUT2D eigenvalue weighted by Gasteiger charge is -2.30. The van der Waals surface area contributed by atoms with Crippen LogP contribution in [0, 0.1) is 0 Å². The maximum Gasteiger partial charge on any atom is 0.119 e. The molecule has 1 aliphatic carbocycles. The lowest BCUT2D eigenvalue weighted by molar-refractivity contribution is 0.356. The van der Waals surface area contributed by atoms with Gasteiger partial charge in [-0.2, -0.15) is 0 Å². The Morgan fingerprint density at radius 3 is 2.69 bits per heavy atom. The molecule has 4 rings (SSSR count). The van der Waals surface area contributed by atoms with Crippen LogP contribution in [-0.2, 0) is 6.42 Å². The van der Waals surface area contributed by atoms with Crippen molar-refractivity contribution in [2.75, 3.05) is 19.0 Å². The van der Waals surface area contributed by atoms with Gasteiger partial charge in [-0.15, -0.1) is 0 Å². The van der Waals surface area contributed by atoms with E-state index in [1.54, 1.807) is 7.11 Å². The number of anilines is 1. The number of nitrogens with zero attached hydrogens (tertiary/aromatic N) is 1. The highest BCUT2D eigenvalue weighted by atomic mass is 35.5. The fourth-order valence-electron chi connectivity index (χ4n) is 4.16. The third kappa shape index (κ3) is 5.20. The van der Waals surface area contributed by atoms with Crippen molar-refractivity contribution in [1.29, 1.82) is 0 Å². The maximum atomic E-state index is 6.10. The number of ether oxygens (including phenoxy) is 1. The minimum atomic E-state index is 0.507. The predicted octanol–water partition coefficient (Wildman–Crippen LogP) is 5.45. The predicted molar refractivity (Wildman–Crippen MR) is 121 cm³/mol. The molecule has 3 aromatic rings. The van der Waals surface area contributed by atoms with Crippen LogP contribution in [-0.4, -0.2) is 30.7 Å². The first kappa shape index (κ1) is 20.0. The van der Waals surface area contributed by atoms with Gasteiger partial charge in [-0.1, -0.05) is 23.7 Å². The number of hydrogen-bond acceptors (Lipinski definition) is 4. The van der Waals surface area contributed by atoms with Gasteiger partial charge < -0.3 is 15.4 Å². The summed E-state index contributed by atoms with van der Waals surface area (Å²) < 4.78 is 5.31. The second-order valence-electron chi connectivity index (χ2n) is 7.77. The summed E-state index contributed by atoms with van der Waals surface area (Å²) in [5.74, 6) is 0.931. The number of aromatic nitrogens is 1. The number of methoxy groups -OCH3 is 1. The van der Waals surface area contributed by atoms with Crippen LogP contribution < -0.4 is 15.4 Å². The quantitative estimate of drug-likeness (QED) is 0.544. The van der Waals surface area contributed by atoms with Crippen LogP contribution in [0.4, 0.5) is 5.69 Å². The summed E-state index contributed by atoms with van der Waals surface area (Å²) >= 11 is 6.10. The SMILES string of the molecule is COc1cccc(CCNC2CCC(Nc3ccnc4cc(Cl)ccc34)CC2)c1. The highest BCUT2D eigenvalue weighted by molar-refractivity contribution is 6.31. The molecule has 4 nitrogen and oxygen atoms in total. The van der Waals surface area contributed by atoms with Gasteiger partial charge >= 0.3 is 0 Å². The monoisotopic (exact) mass is 409 g/mol. The number of rotatable bonds is 7. The zero-order chi connectivity index (χ0) is 20.1. The van der Waals surface area contributed by atoms with E-state index in [1.807, 2.05) is 24.4 Å². The van der Waals surface area contributed by atoms with Crippen LogP contribution in [0.15, 0.2) is 54.7 Å². The molecule has 1 saturated carbocycles. The standard InChI is InChI=1S/C24H28ClN3O/c1-29-21-4-2-3-17(15-21)11-13-26-19-6-8-20(9-7-19)28-23-12-14-27-24-16-18(25)5-10-22(23)24/h2-5,10,12,14-16,19-20,26H,6-9,11,13H2,1H3,(H,27,28). The van der Waals surface area contributed by atoms with Gasteiger partial charge in [-0.3, -0.25) is 4.98 Å². The Hall–Kier alpha value is -2.30. The minimum absolute atomic E-state index is 0.507. The fourth-order valence-corrected chi connectivity index (χ4v) is 4.32. The Bertz CT molecular complexity index is 954. The van der Waals surface area contributed by atoms with E-state index < -0.39 is 0 Å². The van der Waals surface area contributed by atoms with Crippen molar-refractivity contribution in [2.24, 2.45) is 0 Å². The summed E-state index contributed by atoms with van der Waals surface area (Å²) in [5, 5.41) is 9.33. The first-order valence-electron chi connectivity index (χ1n) is 10.4. The maximum absolute atomic E-state index is 6.10. The van der Waals surface area contributed by atoms with Gasteiger partial charge in [0.25, 0.3) is 0 Å². The highest BCUT2D eigenvalue weighted by Gasteiger charge is 2.21. The molecule has 2 aromatic carbocycles. The van der Waals surface area contributed by atoms with E-state index in [4.69, 9.17) is 16.3 Å². The van der Waals surface area contributed by atoms with E-state index in [-0.39, 0.29) is 0 Å². The van der Waals surface area contributed by atoms with E-state index in [0.29, 0.717) is 12.1 Å². The molecule has 152 valence electrons. The van der Waals surface area contributed by atoms with Crippen LogP contribution in [0.5, 0.6) is 5.75 Å². The summed E-state index contributed by atoms with van der Waals surface area (Å²) in [4.78, 5) is 4.44. The molecular formula is C24H28ClN3O. The van der Waals surface area contributed by atoms with Crippen LogP contribution in [0.2, 0.25) is 5.02 Å². The Balaban J connectivity index is 1.25. The first-order valence-corrected chi connectivity index (χ1v) is 10.8. The third-order valence-corrected chi connectivity index (χ3v) is 6.01. The molecule has 29 heavy (non-hydrogen) atoms. The Morgan fingerprint density at radius 2 is 1.86 bits per heavy atom. The number of fused-ring (bicyclic) bond motifs is 1. The zero-order valence-electron chi connectivity index (χ0n) is 16.8. The fraction of sp³-hybridized carbons (Fsp3) is 0.375. The normalized spacial score (nSPS) is 19.2. The van der Waals surface area contributed by atoms with E-state index >= 15 is 0 Å². The van der Waals surface area contributed by atoms with Gasteiger partial charge in [0.05, 0.1) is 12.6 Å². The van der Waals surface area contributed by atoms with Crippen molar-refractivity contribution in [3.8, 4) is 5.75 Å². The molecule has 0 unspecified atom stereocenters. The van der Waals surface area contributed by atoms with Crippen molar-refractivity contribution >= 4 is 28.2 Å². The van der Waals surface area contributed by atoms with Crippen LogP contribution >= 0.6 is 11.6 Å². The smallest absolute Gasteiger partial charge is 0.119 e. The Kier molecular flexibility index (Phi) is 6.53. The average molecular weight is 410 g/mol. The summed E-state index contributed by atoms with van der Waals surface area (Å²) in [7, 11) is 1.72. The molecular weight excluding hydrogens is 382 g/mol.